The summed E-state index contributed by atoms with van der Waals surface area (Å²) in [7, 11) is 2.18. The molecule has 0 N–H and O–H groups in total. The van der Waals surface area contributed by atoms with Gasteiger partial charge in [-0.25, -0.2) is 0 Å². The van der Waals surface area contributed by atoms with Crippen molar-refractivity contribution in [2.24, 2.45) is 0 Å². The van der Waals surface area contributed by atoms with Gasteiger partial charge in [0.1, 0.15) is 0 Å². The normalized spacial score (nSPS) is 14.3. The molecule has 1 aliphatic carbocycles. The molecular formula is C15H22ClN. The molecule has 0 saturated heterocycles. The smallest absolute Gasteiger partial charge is 0.0235 e. The number of aryl methyl sites for hydroxylation is 2. The molecule has 1 aliphatic rings. The number of fused-ring (bicyclic) bond motifs is 1. The van der Waals surface area contributed by atoms with Crippen molar-refractivity contribution < 1.29 is 0 Å². The molecule has 0 unspecified atom stereocenters. The van der Waals surface area contributed by atoms with E-state index < -0.39 is 0 Å². The number of rotatable bonds is 6. The fraction of sp³-hybridized carbons (Fsp3) is 0.600. The van der Waals surface area contributed by atoms with E-state index in [2.05, 4.69) is 30.1 Å². The molecule has 0 heterocycles. The second-order valence-corrected chi connectivity index (χ2v) is 5.43. The minimum atomic E-state index is 0.767. The number of likely N-dealkylation sites (N-methyl/N-ethyl adjacent to an activating group) is 1. The maximum Gasteiger partial charge on any atom is 0.0235 e. The predicted molar refractivity (Wildman–Crippen MR) is 75.0 cm³/mol. The van der Waals surface area contributed by atoms with Crippen LogP contribution in [-0.2, 0) is 19.3 Å². The van der Waals surface area contributed by atoms with Crippen LogP contribution >= 0.6 is 11.6 Å². The monoisotopic (exact) mass is 251 g/mol. The molecule has 0 saturated carbocycles. The summed E-state index contributed by atoms with van der Waals surface area (Å²) in [5, 5.41) is 0. The van der Waals surface area contributed by atoms with Crippen molar-refractivity contribution in [3.63, 3.8) is 0 Å². The highest BCUT2D eigenvalue weighted by Crippen LogP contribution is 2.22. The highest BCUT2D eigenvalue weighted by atomic mass is 35.5. The van der Waals surface area contributed by atoms with Crippen LogP contribution in [0.2, 0.25) is 0 Å². The highest BCUT2D eigenvalue weighted by molar-refractivity contribution is 6.17. The van der Waals surface area contributed by atoms with Crippen LogP contribution in [0.1, 0.15) is 29.5 Å². The van der Waals surface area contributed by atoms with Gasteiger partial charge in [-0.15, -0.1) is 11.6 Å². The van der Waals surface area contributed by atoms with Crippen molar-refractivity contribution >= 4 is 11.6 Å². The lowest BCUT2D eigenvalue weighted by molar-refractivity contribution is 0.340. The van der Waals surface area contributed by atoms with Crippen LogP contribution in [0.5, 0.6) is 0 Å². The fourth-order valence-electron chi connectivity index (χ4n) is 2.54. The molecule has 0 bridgehead atoms. The molecule has 0 aliphatic heterocycles. The molecule has 2 rings (SSSR count). The Kier molecular flexibility index (Phi) is 4.87. The minimum absolute atomic E-state index is 0.767. The van der Waals surface area contributed by atoms with Gasteiger partial charge in [0, 0.05) is 12.4 Å². The van der Waals surface area contributed by atoms with E-state index in [4.69, 9.17) is 11.6 Å². The summed E-state index contributed by atoms with van der Waals surface area (Å²) in [5.74, 6) is 0.767. The molecule has 2 heteroatoms. The zero-order valence-electron chi connectivity index (χ0n) is 10.7. The number of hydrogen-bond donors (Lipinski definition) is 0. The second-order valence-electron chi connectivity index (χ2n) is 5.05. The van der Waals surface area contributed by atoms with Gasteiger partial charge in [0.25, 0.3) is 0 Å². The van der Waals surface area contributed by atoms with Crippen LogP contribution in [0.25, 0.3) is 0 Å². The van der Waals surface area contributed by atoms with E-state index in [0.29, 0.717) is 0 Å². The summed E-state index contributed by atoms with van der Waals surface area (Å²) < 4.78 is 0. The van der Waals surface area contributed by atoms with Gasteiger partial charge in [0.15, 0.2) is 0 Å². The topological polar surface area (TPSA) is 3.24 Å². The third-order valence-corrected chi connectivity index (χ3v) is 3.89. The summed E-state index contributed by atoms with van der Waals surface area (Å²) in [6.45, 7) is 2.24. The molecule has 0 spiro atoms. The number of hydrogen-bond acceptors (Lipinski definition) is 1. The van der Waals surface area contributed by atoms with Crippen molar-refractivity contribution in [3.05, 3.63) is 34.9 Å². The molecule has 1 aromatic rings. The summed E-state index contributed by atoms with van der Waals surface area (Å²) in [4.78, 5) is 2.37. The Balaban J connectivity index is 1.83. The van der Waals surface area contributed by atoms with Gasteiger partial charge in [0.05, 0.1) is 0 Å². The maximum atomic E-state index is 5.70. The van der Waals surface area contributed by atoms with E-state index in [0.717, 1.165) is 31.8 Å². The van der Waals surface area contributed by atoms with Crippen LogP contribution in [0, 0.1) is 0 Å². The van der Waals surface area contributed by atoms with E-state index in [1.165, 1.54) is 24.8 Å². The molecule has 0 amide bonds. The maximum absolute atomic E-state index is 5.70. The first-order valence-corrected chi connectivity index (χ1v) is 7.18. The number of nitrogens with zero attached hydrogens (tertiary/aromatic N) is 1. The van der Waals surface area contributed by atoms with Gasteiger partial charge in [-0.05, 0) is 62.4 Å². The zero-order chi connectivity index (χ0) is 12.1. The van der Waals surface area contributed by atoms with Crippen LogP contribution in [0.15, 0.2) is 18.2 Å². The Bertz CT molecular complexity index is 362. The molecule has 0 radical (unpaired) electrons. The van der Waals surface area contributed by atoms with Gasteiger partial charge in [-0.1, -0.05) is 18.2 Å². The Labute approximate surface area is 110 Å². The molecule has 0 fully saturated rings. The van der Waals surface area contributed by atoms with E-state index in [1.807, 2.05) is 0 Å². The molecule has 1 nitrogen and oxygen atoms in total. The Morgan fingerprint density at radius 1 is 1.18 bits per heavy atom. The quantitative estimate of drug-likeness (QED) is 0.702. The molecule has 0 aromatic heterocycles. The second kappa shape index (κ2) is 6.42. The van der Waals surface area contributed by atoms with Crippen molar-refractivity contribution in [1.29, 1.82) is 0 Å². The lowest BCUT2D eigenvalue weighted by Crippen LogP contribution is -2.22. The lowest BCUT2D eigenvalue weighted by atomic mass is 10.0. The van der Waals surface area contributed by atoms with E-state index >= 15 is 0 Å². The molecule has 1 aromatic carbocycles. The van der Waals surface area contributed by atoms with E-state index in [1.54, 1.807) is 11.1 Å². The van der Waals surface area contributed by atoms with Gasteiger partial charge in [-0.2, -0.15) is 0 Å². The van der Waals surface area contributed by atoms with Gasteiger partial charge < -0.3 is 4.90 Å². The average molecular weight is 252 g/mol. The number of halogens is 1. The van der Waals surface area contributed by atoms with Crippen molar-refractivity contribution in [2.75, 3.05) is 26.0 Å². The zero-order valence-corrected chi connectivity index (χ0v) is 11.5. The number of alkyl halides is 1. The van der Waals surface area contributed by atoms with E-state index in [9.17, 15) is 0 Å². The van der Waals surface area contributed by atoms with Crippen molar-refractivity contribution in [1.82, 2.24) is 4.90 Å². The summed E-state index contributed by atoms with van der Waals surface area (Å²) in [6, 6.07) is 7.05. The van der Waals surface area contributed by atoms with Crippen LogP contribution in [0.3, 0.4) is 0 Å². The van der Waals surface area contributed by atoms with Gasteiger partial charge in [-0.3, -0.25) is 0 Å². The first-order valence-electron chi connectivity index (χ1n) is 6.65. The SMILES string of the molecule is CN(CCCCl)CCc1ccc2c(c1)CCC2. The highest BCUT2D eigenvalue weighted by Gasteiger charge is 2.10. The Morgan fingerprint density at radius 3 is 2.82 bits per heavy atom. The van der Waals surface area contributed by atoms with E-state index in [-0.39, 0.29) is 0 Å². The standard InChI is InChI=1S/C15H22ClN/c1-17(10-3-9-16)11-8-13-6-7-14-4-2-5-15(14)12-13/h6-7,12H,2-5,8-11H2,1H3. The van der Waals surface area contributed by atoms with Crippen LogP contribution in [0.4, 0.5) is 0 Å². The summed E-state index contributed by atoms with van der Waals surface area (Å²) in [5.41, 5.74) is 4.65. The third-order valence-electron chi connectivity index (χ3n) is 3.62. The largest absolute Gasteiger partial charge is 0.306 e. The minimum Gasteiger partial charge on any atom is -0.306 e. The first-order chi connectivity index (χ1) is 8.29. The lowest BCUT2D eigenvalue weighted by Gasteiger charge is -2.16. The fourth-order valence-corrected chi connectivity index (χ4v) is 2.66. The van der Waals surface area contributed by atoms with Crippen molar-refractivity contribution in [2.45, 2.75) is 32.1 Å². The number of benzene rings is 1. The summed E-state index contributed by atoms with van der Waals surface area (Å²) in [6.07, 6.45) is 6.15. The first kappa shape index (κ1) is 12.9. The Morgan fingerprint density at radius 2 is 2.00 bits per heavy atom. The van der Waals surface area contributed by atoms with Crippen LogP contribution in [-0.4, -0.2) is 30.9 Å². The molecular weight excluding hydrogens is 230 g/mol. The van der Waals surface area contributed by atoms with Crippen molar-refractivity contribution in [3.8, 4) is 0 Å². The Hall–Kier alpha value is -0.530. The molecule has 17 heavy (non-hydrogen) atoms. The average Bonchev–Trinajstić information content (AvgIpc) is 2.81. The third kappa shape index (κ3) is 3.72. The van der Waals surface area contributed by atoms with Gasteiger partial charge >= 0.3 is 0 Å². The van der Waals surface area contributed by atoms with Crippen LogP contribution < -0.4 is 0 Å². The summed E-state index contributed by atoms with van der Waals surface area (Å²) >= 11 is 5.70. The van der Waals surface area contributed by atoms with Gasteiger partial charge in [0.2, 0.25) is 0 Å². The molecule has 0 atom stereocenters. The molecule has 94 valence electrons. The predicted octanol–water partition coefficient (Wildman–Crippen LogP) is 3.28.